The number of rotatable bonds is 6. The van der Waals surface area contributed by atoms with Crippen LogP contribution in [0.1, 0.15) is 18.2 Å². The number of aryl methyl sites for hydroxylation is 1. The summed E-state index contributed by atoms with van der Waals surface area (Å²) in [4.78, 5) is 18.3. The van der Waals surface area contributed by atoms with Crippen LogP contribution in [-0.4, -0.2) is 56.3 Å². The van der Waals surface area contributed by atoms with Crippen molar-refractivity contribution in [3.8, 4) is 0 Å². The topological polar surface area (TPSA) is 180 Å². The van der Waals surface area contributed by atoms with Crippen molar-refractivity contribution < 1.29 is 20.1 Å². The largest absolute Gasteiger partial charge is 0.394 e. The van der Waals surface area contributed by atoms with Crippen LogP contribution in [-0.2, 0) is 11.2 Å². The molecule has 1 saturated heterocycles. The third-order valence-corrected chi connectivity index (χ3v) is 3.62. The number of hydrogen-bond donors (Lipinski definition) is 4. The molecule has 1 fully saturated rings. The van der Waals surface area contributed by atoms with Crippen molar-refractivity contribution in [2.75, 3.05) is 18.9 Å². The highest BCUT2D eigenvalue weighted by atomic mass is 16.6. The maximum absolute atomic E-state index is 12.0. The number of ether oxygens (including phenoxy) is 1. The average molecular weight is 326 g/mol. The highest BCUT2D eigenvalue weighted by Crippen LogP contribution is 2.28. The molecule has 11 nitrogen and oxygen atoms in total. The zero-order valence-corrected chi connectivity index (χ0v) is 12.2. The van der Waals surface area contributed by atoms with E-state index < -0.39 is 36.8 Å². The van der Waals surface area contributed by atoms with Crippen molar-refractivity contribution in [3.05, 3.63) is 32.7 Å². The van der Waals surface area contributed by atoms with E-state index in [-0.39, 0.29) is 12.4 Å². The first-order valence-corrected chi connectivity index (χ1v) is 7.00. The fourth-order valence-electron chi connectivity index (χ4n) is 2.39. The molecule has 0 spiro atoms. The molecule has 0 radical (unpaired) electrons. The van der Waals surface area contributed by atoms with Crippen molar-refractivity contribution in [1.82, 2.24) is 9.55 Å². The second kappa shape index (κ2) is 7.40. The molecule has 0 saturated carbocycles. The Labute approximate surface area is 130 Å². The Kier molecular flexibility index (Phi) is 5.53. The minimum Gasteiger partial charge on any atom is -0.394 e. The number of hydrogen-bond acceptors (Lipinski definition) is 8. The monoisotopic (exact) mass is 326 g/mol. The maximum atomic E-state index is 12.0. The summed E-state index contributed by atoms with van der Waals surface area (Å²) in [5.41, 5.74) is 13.7. The number of aliphatic hydroxyl groups is 3. The smallest absolute Gasteiger partial charge is 0.351 e. The van der Waals surface area contributed by atoms with E-state index >= 15 is 0 Å². The molecule has 1 aliphatic rings. The Balaban J connectivity index is 2.25. The summed E-state index contributed by atoms with van der Waals surface area (Å²) in [6.45, 7) is -0.228. The number of aliphatic hydroxyl groups excluding tert-OH is 3. The van der Waals surface area contributed by atoms with Gasteiger partial charge in [0.05, 0.1) is 6.61 Å². The van der Waals surface area contributed by atoms with E-state index in [0.29, 0.717) is 18.4 Å². The summed E-state index contributed by atoms with van der Waals surface area (Å²) in [6, 6.07) is 0. The molecule has 2 rings (SSSR count). The second-order valence-electron chi connectivity index (χ2n) is 5.13. The van der Waals surface area contributed by atoms with E-state index in [9.17, 15) is 15.0 Å². The van der Waals surface area contributed by atoms with E-state index in [2.05, 4.69) is 15.0 Å². The number of anilines is 1. The zero-order valence-electron chi connectivity index (χ0n) is 12.2. The van der Waals surface area contributed by atoms with E-state index in [1.54, 1.807) is 0 Å². The van der Waals surface area contributed by atoms with Crippen LogP contribution in [0.4, 0.5) is 5.82 Å². The lowest BCUT2D eigenvalue weighted by atomic mass is 10.1. The minimum atomic E-state index is -1.38. The van der Waals surface area contributed by atoms with Crippen LogP contribution in [0.5, 0.6) is 0 Å². The summed E-state index contributed by atoms with van der Waals surface area (Å²) >= 11 is 0. The van der Waals surface area contributed by atoms with Gasteiger partial charge in [-0.15, -0.1) is 0 Å². The Morgan fingerprint density at radius 2 is 2.22 bits per heavy atom. The standard InChI is InChI=1S/C12H18N6O5/c13-10-6(2-1-3-15-17-14)4-18(12(22)16-10)11-9(21)8(20)7(5-19)23-11/h4,7-9,11,19-21H,1-3,5H2,(H2,13,16,22)/t7-,8+,9+,11-/m1/s1. The normalized spacial score (nSPS) is 26.9. The maximum Gasteiger partial charge on any atom is 0.351 e. The molecule has 4 atom stereocenters. The highest BCUT2D eigenvalue weighted by Gasteiger charge is 2.43. The van der Waals surface area contributed by atoms with Crippen molar-refractivity contribution in [2.24, 2.45) is 5.11 Å². The SMILES string of the molecule is [N-]=[N+]=NCCCc1cn([C@@H]2O[C@H](CO)[C@H](O)[C@@H]2O)c(=O)nc1N. The van der Waals surface area contributed by atoms with Crippen LogP contribution in [0.3, 0.4) is 0 Å². The van der Waals surface area contributed by atoms with Gasteiger partial charge in [0.25, 0.3) is 0 Å². The van der Waals surface area contributed by atoms with Crippen molar-refractivity contribution in [3.63, 3.8) is 0 Å². The van der Waals surface area contributed by atoms with Gasteiger partial charge >= 0.3 is 5.69 Å². The van der Waals surface area contributed by atoms with Crippen LogP contribution in [0.2, 0.25) is 0 Å². The number of nitrogens with two attached hydrogens (primary N) is 1. The number of nitrogen functional groups attached to an aromatic ring is 1. The van der Waals surface area contributed by atoms with Gasteiger partial charge < -0.3 is 25.8 Å². The van der Waals surface area contributed by atoms with Crippen molar-refractivity contribution in [2.45, 2.75) is 37.4 Å². The molecule has 1 aromatic rings. The van der Waals surface area contributed by atoms with Gasteiger partial charge in [0.1, 0.15) is 24.1 Å². The first-order valence-electron chi connectivity index (χ1n) is 7.00. The van der Waals surface area contributed by atoms with Gasteiger partial charge in [0, 0.05) is 23.2 Å². The molecule has 1 aliphatic heterocycles. The van der Waals surface area contributed by atoms with Gasteiger partial charge in [-0.1, -0.05) is 5.11 Å². The second-order valence-corrected chi connectivity index (χ2v) is 5.13. The molecule has 0 amide bonds. The molecule has 2 heterocycles. The van der Waals surface area contributed by atoms with Crippen molar-refractivity contribution in [1.29, 1.82) is 0 Å². The lowest BCUT2D eigenvalue weighted by Crippen LogP contribution is -2.36. The minimum absolute atomic E-state index is 0.0407. The summed E-state index contributed by atoms with van der Waals surface area (Å²) < 4.78 is 6.34. The predicted octanol–water partition coefficient (Wildman–Crippen LogP) is -1.32. The molecule has 0 aliphatic carbocycles. The molecule has 126 valence electrons. The molecule has 5 N–H and O–H groups in total. The van der Waals surface area contributed by atoms with E-state index in [1.165, 1.54) is 6.20 Å². The van der Waals surface area contributed by atoms with E-state index in [1.807, 2.05) is 0 Å². The lowest BCUT2D eigenvalue weighted by Gasteiger charge is -2.18. The molecular formula is C12H18N6O5. The quantitative estimate of drug-likeness (QED) is 0.216. The van der Waals surface area contributed by atoms with Crippen LogP contribution in [0.15, 0.2) is 16.1 Å². The fraction of sp³-hybridized carbons (Fsp3) is 0.667. The van der Waals surface area contributed by atoms with Crippen LogP contribution >= 0.6 is 0 Å². The zero-order chi connectivity index (χ0) is 17.0. The van der Waals surface area contributed by atoms with Crippen LogP contribution in [0.25, 0.3) is 10.4 Å². The van der Waals surface area contributed by atoms with Gasteiger partial charge in [-0.25, -0.2) is 4.79 Å². The summed E-state index contributed by atoms with van der Waals surface area (Å²) in [7, 11) is 0. The fourth-order valence-corrected chi connectivity index (χ4v) is 2.39. The molecule has 0 bridgehead atoms. The first-order chi connectivity index (χ1) is 11.0. The molecule has 0 unspecified atom stereocenters. The third-order valence-electron chi connectivity index (χ3n) is 3.62. The summed E-state index contributed by atoms with van der Waals surface area (Å²) in [6.07, 6.45) is -2.56. The predicted molar refractivity (Wildman–Crippen MR) is 78.3 cm³/mol. The Hall–Kier alpha value is -2.17. The van der Waals surface area contributed by atoms with Gasteiger partial charge in [-0.2, -0.15) is 4.98 Å². The number of azide groups is 1. The molecular weight excluding hydrogens is 308 g/mol. The van der Waals surface area contributed by atoms with Gasteiger partial charge in [0.2, 0.25) is 0 Å². The van der Waals surface area contributed by atoms with Gasteiger partial charge in [-0.3, -0.25) is 4.57 Å². The molecule has 0 aromatic carbocycles. The Morgan fingerprint density at radius 1 is 1.48 bits per heavy atom. The molecule has 11 heteroatoms. The molecule has 1 aromatic heterocycles. The Morgan fingerprint density at radius 3 is 2.83 bits per heavy atom. The number of aromatic nitrogens is 2. The first kappa shape index (κ1) is 17.2. The van der Waals surface area contributed by atoms with Crippen LogP contribution < -0.4 is 11.4 Å². The van der Waals surface area contributed by atoms with E-state index in [4.69, 9.17) is 21.1 Å². The van der Waals surface area contributed by atoms with E-state index in [0.717, 1.165) is 4.57 Å². The third kappa shape index (κ3) is 3.60. The number of nitrogens with zero attached hydrogens (tertiary/aromatic N) is 5. The Bertz CT molecular complexity index is 658. The van der Waals surface area contributed by atoms with Gasteiger partial charge in [0.15, 0.2) is 6.23 Å². The summed E-state index contributed by atoms with van der Waals surface area (Å²) in [5, 5.41) is 32.2. The lowest BCUT2D eigenvalue weighted by molar-refractivity contribution is -0.0550. The van der Waals surface area contributed by atoms with Crippen LogP contribution in [0, 0.1) is 0 Å². The molecule has 23 heavy (non-hydrogen) atoms. The average Bonchev–Trinajstić information content (AvgIpc) is 2.81. The highest BCUT2D eigenvalue weighted by molar-refractivity contribution is 5.36. The summed E-state index contributed by atoms with van der Waals surface area (Å²) in [5.74, 6) is 0.0407. The van der Waals surface area contributed by atoms with Crippen molar-refractivity contribution >= 4 is 5.82 Å². The van der Waals surface area contributed by atoms with Gasteiger partial charge in [-0.05, 0) is 18.4 Å².